The van der Waals surface area contributed by atoms with Crippen molar-refractivity contribution in [3.8, 4) is 0 Å². The van der Waals surface area contributed by atoms with Gasteiger partial charge in [0.05, 0.1) is 4.90 Å². The van der Waals surface area contributed by atoms with Gasteiger partial charge in [0, 0.05) is 18.0 Å². The molecule has 0 spiro atoms. The molecule has 5 rings (SSSR count). The first-order valence-electron chi connectivity index (χ1n) is 12.4. The first-order chi connectivity index (χ1) is 16.6. The molecule has 2 fully saturated rings. The molecule has 1 amide bonds. The lowest BCUT2D eigenvalue weighted by Gasteiger charge is -2.39. The molecule has 6 heteroatoms. The van der Waals surface area contributed by atoms with Gasteiger partial charge in [-0.15, -0.1) is 0 Å². The molecule has 2 bridgehead atoms. The van der Waals surface area contributed by atoms with E-state index in [4.69, 9.17) is 0 Å². The van der Waals surface area contributed by atoms with Gasteiger partial charge in [-0.1, -0.05) is 87.5 Å². The van der Waals surface area contributed by atoms with Crippen molar-refractivity contribution in [1.29, 1.82) is 0 Å². The average molecular weight is 491 g/mol. The lowest BCUT2D eigenvalue weighted by molar-refractivity contribution is -0.134. The summed E-state index contributed by atoms with van der Waals surface area (Å²) in [6.07, 6.45) is 3.32. The Hall–Kier alpha value is -2.70. The Morgan fingerprint density at radius 3 is 2.43 bits per heavy atom. The van der Waals surface area contributed by atoms with E-state index < -0.39 is 16.1 Å². The predicted octanol–water partition coefficient (Wildman–Crippen LogP) is 5.16. The van der Waals surface area contributed by atoms with Crippen LogP contribution in [0.4, 0.5) is 0 Å². The summed E-state index contributed by atoms with van der Waals surface area (Å²) in [5, 5.41) is 1.50. The van der Waals surface area contributed by atoms with Gasteiger partial charge in [-0.25, -0.2) is 8.42 Å². The summed E-state index contributed by atoms with van der Waals surface area (Å²) in [4.78, 5) is 16.2. The highest BCUT2D eigenvalue weighted by molar-refractivity contribution is 7.89. The monoisotopic (exact) mass is 490 g/mol. The molecule has 3 aromatic carbocycles. The maximum absolute atomic E-state index is 14.0. The highest BCUT2D eigenvalue weighted by Gasteiger charge is 2.52. The van der Waals surface area contributed by atoms with Crippen molar-refractivity contribution in [2.75, 3.05) is 6.54 Å². The number of nitrogens with zero attached hydrogens (tertiary/aromatic N) is 1. The zero-order chi connectivity index (χ0) is 24.8. The van der Waals surface area contributed by atoms with Crippen LogP contribution in [0.15, 0.2) is 77.7 Å². The summed E-state index contributed by atoms with van der Waals surface area (Å²) in [5.74, 6) is -0.121. The number of fused-ring (bicyclic) bond motifs is 3. The second-order valence-corrected chi connectivity index (χ2v) is 13.2. The second-order valence-electron chi connectivity index (χ2n) is 11.5. The average Bonchev–Trinajstić information content (AvgIpc) is 3.06. The van der Waals surface area contributed by atoms with Crippen molar-refractivity contribution in [1.82, 2.24) is 9.62 Å². The lowest BCUT2D eigenvalue weighted by atomic mass is 9.65. The Kier molecular flexibility index (Phi) is 6.01. The number of hydrogen-bond donors (Lipinski definition) is 1. The summed E-state index contributed by atoms with van der Waals surface area (Å²) >= 11 is 0. The molecule has 1 aliphatic carbocycles. The number of likely N-dealkylation sites (tertiary alicyclic amines) is 1. The zero-order valence-corrected chi connectivity index (χ0v) is 21.5. The minimum atomic E-state index is -3.94. The van der Waals surface area contributed by atoms with Gasteiger partial charge in [0.25, 0.3) is 0 Å². The molecule has 0 aromatic heterocycles. The molecule has 1 aliphatic heterocycles. The van der Waals surface area contributed by atoms with E-state index in [-0.39, 0.29) is 27.7 Å². The van der Waals surface area contributed by atoms with Gasteiger partial charge >= 0.3 is 0 Å². The maximum atomic E-state index is 14.0. The molecule has 3 unspecified atom stereocenters. The van der Waals surface area contributed by atoms with Crippen LogP contribution in [0, 0.1) is 10.8 Å². The zero-order valence-electron chi connectivity index (χ0n) is 20.7. The topological polar surface area (TPSA) is 66.5 Å². The molecule has 3 aromatic rings. The fourth-order valence-electron chi connectivity index (χ4n) is 6.63. The smallest absolute Gasteiger partial charge is 0.241 e. The van der Waals surface area contributed by atoms with E-state index >= 15 is 0 Å². The van der Waals surface area contributed by atoms with Crippen LogP contribution in [-0.2, 0) is 21.2 Å². The molecule has 1 saturated carbocycles. The summed E-state index contributed by atoms with van der Waals surface area (Å²) in [5.41, 5.74) is 1.18. The van der Waals surface area contributed by atoms with Crippen molar-refractivity contribution in [2.45, 2.75) is 63.4 Å². The van der Waals surface area contributed by atoms with Crippen LogP contribution in [-0.4, -0.2) is 37.9 Å². The third-order valence-corrected chi connectivity index (χ3v) is 9.15. The summed E-state index contributed by atoms with van der Waals surface area (Å²) in [6, 6.07) is 21.6. The van der Waals surface area contributed by atoms with Gasteiger partial charge < -0.3 is 4.90 Å². The fraction of sp³-hybridized carbons (Fsp3) is 0.414. The summed E-state index contributed by atoms with van der Waals surface area (Å²) < 4.78 is 30.2. The Morgan fingerprint density at radius 2 is 1.66 bits per heavy atom. The van der Waals surface area contributed by atoms with Crippen molar-refractivity contribution in [3.63, 3.8) is 0 Å². The quantitative estimate of drug-likeness (QED) is 0.519. The minimum absolute atomic E-state index is 0.0773. The van der Waals surface area contributed by atoms with Crippen LogP contribution in [0.2, 0.25) is 0 Å². The van der Waals surface area contributed by atoms with E-state index in [9.17, 15) is 13.2 Å². The van der Waals surface area contributed by atoms with Gasteiger partial charge in [0.1, 0.15) is 6.04 Å². The standard InChI is InChI=1S/C29H34N2O3S/c1-28(2)17-23-18-29(3,19-28)20-31(23)27(32)25(16-21-10-5-4-6-11-21)30-35(33,34)26-15-9-13-22-12-7-8-14-24(22)26/h4-15,23,25,30H,16-20H2,1-3H3. The number of hydrogen-bond acceptors (Lipinski definition) is 3. The van der Waals surface area contributed by atoms with E-state index in [1.807, 2.05) is 65.6 Å². The van der Waals surface area contributed by atoms with Crippen LogP contribution < -0.4 is 4.72 Å². The summed E-state index contributed by atoms with van der Waals surface area (Å²) in [6.45, 7) is 7.49. The minimum Gasteiger partial charge on any atom is -0.338 e. The van der Waals surface area contributed by atoms with Crippen LogP contribution in [0.5, 0.6) is 0 Å². The number of rotatable bonds is 6. The Bertz CT molecular complexity index is 1350. The SMILES string of the molecule is CC1(C)CC2CC(C)(CN2C(=O)C(Cc2ccccc2)NS(=O)(=O)c2cccc3ccccc23)C1. The maximum Gasteiger partial charge on any atom is 0.241 e. The largest absolute Gasteiger partial charge is 0.338 e. The van der Waals surface area contributed by atoms with Crippen molar-refractivity contribution >= 4 is 26.7 Å². The molecule has 184 valence electrons. The molecule has 2 aliphatic rings. The van der Waals surface area contributed by atoms with Gasteiger partial charge in [-0.3, -0.25) is 4.79 Å². The van der Waals surface area contributed by atoms with Crippen LogP contribution >= 0.6 is 0 Å². The number of benzene rings is 3. The number of carbonyl (C=O) groups excluding carboxylic acids is 1. The first-order valence-corrected chi connectivity index (χ1v) is 13.9. The molecule has 1 heterocycles. The van der Waals surface area contributed by atoms with Crippen molar-refractivity contribution in [3.05, 3.63) is 78.4 Å². The second kappa shape index (κ2) is 8.75. The Balaban J connectivity index is 1.49. The number of nitrogens with one attached hydrogen (secondary N) is 1. The third-order valence-electron chi connectivity index (χ3n) is 7.62. The molecule has 3 atom stereocenters. The van der Waals surface area contributed by atoms with Gasteiger partial charge in [0.15, 0.2) is 0 Å². The van der Waals surface area contributed by atoms with Crippen LogP contribution in [0.3, 0.4) is 0 Å². The van der Waals surface area contributed by atoms with Gasteiger partial charge in [-0.2, -0.15) is 4.72 Å². The molecule has 35 heavy (non-hydrogen) atoms. The van der Waals surface area contributed by atoms with E-state index in [0.29, 0.717) is 18.4 Å². The number of sulfonamides is 1. The molecular weight excluding hydrogens is 456 g/mol. The van der Waals surface area contributed by atoms with E-state index in [1.54, 1.807) is 12.1 Å². The number of carbonyl (C=O) groups is 1. The van der Waals surface area contributed by atoms with Crippen molar-refractivity contribution in [2.24, 2.45) is 10.8 Å². The van der Waals surface area contributed by atoms with E-state index in [0.717, 1.165) is 30.2 Å². The van der Waals surface area contributed by atoms with Crippen LogP contribution in [0.25, 0.3) is 10.8 Å². The fourth-order valence-corrected chi connectivity index (χ4v) is 8.05. The highest BCUT2D eigenvalue weighted by atomic mass is 32.2. The summed E-state index contributed by atoms with van der Waals surface area (Å²) in [7, 11) is -3.94. The van der Waals surface area contributed by atoms with Gasteiger partial charge in [-0.05, 0) is 53.5 Å². The lowest BCUT2D eigenvalue weighted by Crippen LogP contribution is -2.51. The Labute approximate surface area is 208 Å². The predicted molar refractivity (Wildman–Crippen MR) is 139 cm³/mol. The molecule has 0 radical (unpaired) electrons. The van der Waals surface area contributed by atoms with Crippen LogP contribution in [0.1, 0.15) is 45.6 Å². The third kappa shape index (κ3) is 4.87. The molecule has 1 saturated heterocycles. The Morgan fingerprint density at radius 1 is 0.971 bits per heavy atom. The molecule has 5 nitrogen and oxygen atoms in total. The van der Waals surface area contributed by atoms with E-state index in [2.05, 4.69) is 25.5 Å². The normalized spacial score (nSPS) is 24.4. The van der Waals surface area contributed by atoms with E-state index in [1.165, 1.54) is 0 Å². The van der Waals surface area contributed by atoms with Crippen molar-refractivity contribution < 1.29 is 13.2 Å². The molecule has 1 N–H and O–H groups in total. The van der Waals surface area contributed by atoms with Gasteiger partial charge in [0.2, 0.25) is 15.9 Å². The highest BCUT2D eigenvalue weighted by Crippen LogP contribution is 2.52. The molecular formula is C29H34N2O3S. The number of amides is 1. The first kappa shape index (κ1) is 24.0.